The summed E-state index contributed by atoms with van der Waals surface area (Å²) in [5, 5.41) is 3.56. The zero-order valence-corrected chi connectivity index (χ0v) is 15.3. The van der Waals surface area contributed by atoms with Gasteiger partial charge in [0.2, 0.25) is 5.95 Å². The topological polar surface area (TPSA) is 84.0 Å². The summed E-state index contributed by atoms with van der Waals surface area (Å²) in [4.78, 5) is 8.41. The lowest BCUT2D eigenvalue weighted by atomic mass is 10.1. The summed E-state index contributed by atoms with van der Waals surface area (Å²) < 4.78 is 27.2. The summed E-state index contributed by atoms with van der Waals surface area (Å²) in [7, 11) is -3.74. The molecule has 0 saturated heterocycles. The van der Waals surface area contributed by atoms with Gasteiger partial charge in [-0.1, -0.05) is 41.9 Å². The molecule has 0 unspecified atom stereocenters. The van der Waals surface area contributed by atoms with Crippen molar-refractivity contribution in [2.75, 3.05) is 16.6 Å². The maximum absolute atomic E-state index is 12.4. The number of nitrogens with zero attached hydrogens (tertiary/aromatic N) is 2. The summed E-state index contributed by atoms with van der Waals surface area (Å²) in [5.74, 6) is 0.550. The van der Waals surface area contributed by atoms with E-state index in [0.717, 1.165) is 6.42 Å². The molecule has 0 bridgehead atoms. The van der Waals surface area contributed by atoms with E-state index in [1.807, 2.05) is 30.3 Å². The second-order valence-corrected chi connectivity index (χ2v) is 7.61. The standard InChI is InChI=1S/C18H17ClN4O2S/c19-15-6-8-16(9-7-15)26(24,25)23-17-11-13-21-18(22-17)20-12-10-14-4-2-1-3-5-14/h1-9,11,13H,10,12H2,(H2,20,21,22,23). The van der Waals surface area contributed by atoms with Gasteiger partial charge in [-0.2, -0.15) is 4.98 Å². The minimum Gasteiger partial charge on any atom is -0.354 e. The fourth-order valence-corrected chi connectivity index (χ4v) is 3.40. The van der Waals surface area contributed by atoms with Gasteiger partial charge in [-0.15, -0.1) is 0 Å². The normalized spacial score (nSPS) is 11.1. The van der Waals surface area contributed by atoms with Crippen LogP contribution in [0.2, 0.25) is 5.02 Å². The average Bonchev–Trinajstić information content (AvgIpc) is 2.63. The summed E-state index contributed by atoms with van der Waals surface area (Å²) in [6, 6.07) is 17.4. The molecule has 0 aliphatic heterocycles. The Balaban J connectivity index is 1.64. The number of nitrogens with one attached hydrogen (secondary N) is 2. The van der Waals surface area contributed by atoms with E-state index in [1.165, 1.54) is 42.1 Å². The molecule has 0 radical (unpaired) electrons. The molecule has 1 heterocycles. The summed E-state index contributed by atoms with van der Waals surface area (Å²) in [5.41, 5.74) is 1.19. The van der Waals surface area contributed by atoms with Crippen molar-refractivity contribution in [3.8, 4) is 0 Å². The van der Waals surface area contributed by atoms with Crippen molar-refractivity contribution in [2.24, 2.45) is 0 Å². The Kier molecular flexibility index (Phi) is 5.70. The van der Waals surface area contributed by atoms with Crippen molar-refractivity contribution in [2.45, 2.75) is 11.3 Å². The SMILES string of the molecule is O=S(=O)(Nc1ccnc(NCCc2ccccc2)n1)c1ccc(Cl)cc1. The maximum atomic E-state index is 12.4. The first-order valence-electron chi connectivity index (χ1n) is 7.92. The minimum absolute atomic E-state index is 0.110. The Hall–Kier alpha value is -2.64. The van der Waals surface area contributed by atoms with E-state index in [-0.39, 0.29) is 10.7 Å². The predicted molar refractivity (Wildman–Crippen MR) is 103 cm³/mol. The van der Waals surface area contributed by atoms with Crippen LogP contribution in [-0.2, 0) is 16.4 Å². The molecular weight excluding hydrogens is 372 g/mol. The number of hydrogen-bond acceptors (Lipinski definition) is 5. The lowest BCUT2D eigenvalue weighted by Crippen LogP contribution is -2.15. The fraction of sp³-hybridized carbons (Fsp3) is 0.111. The number of anilines is 2. The van der Waals surface area contributed by atoms with Crippen LogP contribution in [0.4, 0.5) is 11.8 Å². The number of halogens is 1. The Morgan fingerprint density at radius 3 is 2.42 bits per heavy atom. The highest BCUT2D eigenvalue weighted by Gasteiger charge is 2.15. The van der Waals surface area contributed by atoms with Gasteiger partial charge in [-0.25, -0.2) is 13.4 Å². The third-order valence-corrected chi connectivity index (χ3v) is 5.18. The smallest absolute Gasteiger partial charge is 0.263 e. The Bertz CT molecular complexity index is 964. The van der Waals surface area contributed by atoms with Gasteiger partial charge >= 0.3 is 0 Å². The van der Waals surface area contributed by atoms with Gasteiger partial charge in [-0.05, 0) is 42.3 Å². The van der Waals surface area contributed by atoms with Gasteiger partial charge in [0.15, 0.2) is 0 Å². The first kappa shape index (κ1) is 18.2. The Labute approximate surface area is 157 Å². The minimum atomic E-state index is -3.74. The second-order valence-electron chi connectivity index (χ2n) is 5.49. The van der Waals surface area contributed by atoms with Crippen LogP contribution in [-0.4, -0.2) is 24.9 Å². The number of sulfonamides is 1. The zero-order chi connectivity index (χ0) is 18.4. The molecular formula is C18H17ClN4O2S. The molecule has 3 aromatic rings. The van der Waals surface area contributed by atoms with E-state index < -0.39 is 10.0 Å². The lowest BCUT2D eigenvalue weighted by molar-refractivity contribution is 0.601. The highest BCUT2D eigenvalue weighted by Crippen LogP contribution is 2.17. The van der Waals surface area contributed by atoms with Crippen LogP contribution in [0.3, 0.4) is 0 Å². The molecule has 0 aliphatic rings. The van der Waals surface area contributed by atoms with Crippen LogP contribution in [0.25, 0.3) is 0 Å². The van der Waals surface area contributed by atoms with E-state index in [2.05, 4.69) is 20.0 Å². The molecule has 26 heavy (non-hydrogen) atoms. The van der Waals surface area contributed by atoms with Crippen LogP contribution < -0.4 is 10.0 Å². The zero-order valence-electron chi connectivity index (χ0n) is 13.8. The van der Waals surface area contributed by atoms with Crippen LogP contribution >= 0.6 is 11.6 Å². The molecule has 0 spiro atoms. The Morgan fingerprint density at radius 2 is 1.69 bits per heavy atom. The molecule has 0 fully saturated rings. The Morgan fingerprint density at radius 1 is 0.962 bits per heavy atom. The molecule has 0 atom stereocenters. The van der Waals surface area contributed by atoms with Crippen molar-refractivity contribution in [3.05, 3.63) is 77.4 Å². The van der Waals surface area contributed by atoms with Crippen LogP contribution in [0.5, 0.6) is 0 Å². The molecule has 1 aromatic heterocycles. The molecule has 2 aromatic carbocycles. The van der Waals surface area contributed by atoms with Crippen LogP contribution in [0.1, 0.15) is 5.56 Å². The number of rotatable bonds is 7. The lowest BCUT2D eigenvalue weighted by Gasteiger charge is -2.09. The van der Waals surface area contributed by atoms with E-state index in [9.17, 15) is 8.42 Å². The highest BCUT2D eigenvalue weighted by molar-refractivity contribution is 7.92. The van der Waals surface area contributed by atoms with E-state index >= 15 is 0 Å². The van der Waals surface area contributed by atoms with Crippen molar-refractivity contribution >= 4 is 33.4 Å². The summed E-state index contributed by atoms with van der Waals surface area (Å²) >= 11 is 5.79. The van der Waals surface area contributed by atoms with E-state index in [1.54, 1.807) is 0 Å². The molecule has 134 valence electrons. The molecule has 8 heteroatoms. The molecule has 0 aliphatic carbocycles. The first-order valence-corrected chi connectivity index (χ1v) is 9.78. The maximum Gasteiger partial charge on any atom is 0.263 e. The quantitative estimate of drug-likeness (QED) is 0.646. The van der Waals surface area contributed by atoms with Gasteiger partial charge in [0.05, 0.1) is 4.90 Å². The first-order chi connectivity index (χ1) is 12.5. The number of aromatic nitrogens is 2. The molecule has 2 N–H and O–H groups in total. The molecule has 3 rings (SSSR count). The highest BCUT2D eigenvalue weighted by atomic mass is 35.5. The molecule has 0 amide bonds. The molecule has 6 nitrogen and oxygen atoms in total. The van der Waals surface area contributed by atoms with Gasteiger partial charge in [-0.3, -0.25) is 4.72 Å². The fourth-order valence-electron chi connectivity index (χ4n) is 2.27. The monoisotopic (exact) mass is 388 g/mol. The number of benzene rings is 2. The van der Waals surface area contributed by atoms with Crippen LogP contribution in [0.15, 0.2) is 71.8 Å². The third kappa shape index (κ3) is 4.93. The van der Waals surface area contributed by atoms with Crippen molar-refractivity contribution in [1.29, 1.82) is 0 Å². The predicted octanol–water partition coefficient (Wildman–Crippen LogP) is 3.59. The number of hydrogen-bond donors (Lipinski definition) is 2. The van der Waals surface area contributed by atoms with E-state index in [4.69, 9.17) is 11.6 Å². The second kappa shape index (κ2) is 8.16. The van der Waals surface area contributed by atoms with Crippen LogP contribution in [0, 0.1) is 0 Å². The van der Waals surface area contributed by atoms with Crippen molar-refractivity contribution in [3.63, 3.8) is 0 Å². The van der Waals surface area contributed by atoms with Crippen molar-refractivity contribution in [1.82, 2.24) is 9.97 Å². The van der Waals surface area contributed by atoms with Gasteiger partial charge in [0, 0.05) is 17.8 Å². The average molecular weight is 389 g/mol. The van der Waals surface area contributed by atoms with E-state index in [0.29, 0.717) is 17.5 Å². The van der Waals surface area contributed by atoms with Gasteiger partial charge in [0.25, 0.3) is 10.0 Å². The third-order valence-electron chi connectivity index (χ3n) is 3.56. The summed E-state index contributed by atoms with van der Waals surface area (Å²) in [6.07, 6.45) is 2.31. The van der Waals surface area contributed by atoms with Gasteiger partial charge in [0.1, 0.15) is 5.82 Å². The summed E-state index contributed by atoms with van der Waals surface area (Å²) in [6.45, 7) is 0.636. The van der Waals surface area contributed by atoms with Crippen molar-refractivity contribution < 1.29 is 8.42 Å². The van der Waals surface area contributed by atoms with Gasteiger partial charge < -0.3 is 5.32 Å². The molecule has 0 saturated carbocycles. The largest absolute Gasteiger partial charge is 0.354 e.